The number of rotatable bonds is 5. The van der Waals surface area contributed by atoms with Gasteiger partial charge in [-0.1, -0.05) is 6.07 Å². The van der Waals surface area contributed by atoms with Crippen LogP contribution in [0.5, 0.6) is 0 Å². The molecule has 0 spiro atoms. The molecule has 0 radical (unpaired) electrons. The van der Waals surface area contributed by atoms with Gasteiger partial charge in [0.15, 0.2) is 5.89 Å². The van der Waals surface area contributed by atoms with E-state index < -0.39 is 0 Å². The van der Waals surface area contributed by atoms with Gasteiger partial charge in [-0.05, 0) is 42.5 Å². The van der Waals surface area contributed by atoms with Crippen molar-refractivity contribution in [3.8, 4) is 0 Å². The normalized spacial score (nSPS) is 20.1. The fourth-order valence-corrected chi connectivity index (χ4v) is 3.85. The standard InChI is InChI=1S/C20H25N3O3/c1-14-21-18(12-26-14)11-23-7-8-25-13-19(23)10-20(24)22-17-6-5-15-3-2-4-16(15)9-17/h5-6,9,12,19H,2-4,7-8,10-11,13H2,1H3,(H,22,24). The molecule has 1 N–H and O–H groups in total. The number of amides is 1. The van der Waals surface area contributed by atoms with Crippen LogP contribution in [0.3, 0.4) is 0 Å². The summed E-state index contributed by atoms with van der Waals surface area (Å²) >= 11 is 0. The van der Waals surface area contributed by atoms with Gasteiger partial charge < -0.3 is 14.5 Å². The molecule has 0 bridgehead atoms. The Balaban J connectivity index is 1.37. The minimum absolute atomic E-state index is 0.0276. The molecular weight excluding hydrogens is 330 g/mol. The summed E-state index contributed by atoms with van der Waals surface area (Å²) in [5, 5.41) is 3.05. The number of hydrogen-bond acceptors (Lipinski definition) is 5. The minimum Gasteiger partial charge on any atom is -0.449 e. The average molecular weight is 355 g/mol. The topological polar surface area (TPSA) is 67.6 Å². The van der Waals surface area contributed by atoms with E-state index in [9.17, 15) is 4.79 Å². The van der Waals surface area contributed by atoms with Gasteiger partial charge in [0.1, 0.15) is 6.26 Å². The van der Waals surface area contributed by atoms with Gasteiger partial charge in [0, 0.05) is 38.2 Å². The Labute approximate surface area is 153 Å². The Kier molecular flexibility index (Phi) is 5.04. The fraction of sp³-hybridized carbons (Fsp3) is 0.500. The second-order valence-corrected chi connectivity index (χ2v) is 7.15. The highest BCUT2D eigenvalue weighted by atomic mass is 16.5. The van der Waals surface area contributed by atoms with E-state index in [1.54, 1.807) is 6.26 Å². The Morgan fingerprint density at radius 1 is 1.35 bits per heavy atom. The largest absolute Gasteiger partial charge is 0.449 e. The molecule has 1 aromatic carbocycles. The van der Waals surface area contributed by atoms with Crippen LogP contribution in [-0.4, -0.2) is 41.6 Å². The smallest absolute Gasteiger partial charge is 0.226 e. The van der Waals surface area contributed by atoms with Gasteiger partial charge in [0.05, 0.1) is 18.9 Å². The number of aromatic nitrogens is 1. The number of carbonyl (C=O) groups excluding carboxylic acids is 1. The Hall–Kier alpha value is -2.18. The summed E-state index contributed by atoms with van der Waals surface area (Å²) in [6, 6.07) is 6.32. The molecule has 2 aromatic rings. The van der Waals surface area contributed by atoms with Crippen molar-refractivity contribution in [2.24, 2.45) is 0 Å². The third kappa shape index (κ3) is 3.97. The molecule has 1 atom stereocenters. The fourth-order valence-electron chi connectivity index (χ4n) is 3.85. The summed E-state index contributed by atoms with van der Waals surface area (Å²) in [6.07, 6.45) is 5.57. The van der Waals surface area contributed by atoms with Crippen molar-refractivity contribution < 1.29 is 13.9 Å². The van der Waals surface area contributed by atoms with Crippen LogP contribution in [0.25, 0.3) is 0 Å². The molecular formula is C20H25N3O3. The number of ether oxygens (including phenoxy) is 1. The van der Waals surface area contributed by atoms with E-state index in [0.717, 1.165) is 30.8 Å². The highest BCUT2D eigenvalue weighted by Crippen LogP contribution is 2.25. The molecule has 1 saturated heterocycles. The number of aryl methyl sites for hydroxylation is 3. The number of oxazole rings is 1. The van der Waals surface area contributed by atoms with E-state index in [4.69, 9.17) is 9.15 Å². The summed E-state index contributed by atoms with van der Waals surface area (Å²) in [6.45, 7) is 4.55. The summed E-state index contributed by atoms with van der Waals surface area (Å²) < 4.78 is 10.9. The quantitative estimate of drug-likeness (QED) is 0.893. The van der Waals surface area contributed by atoms with Gasteiger partial charge in [-0.3, -0.25) is 9.69 Å². The molecule has 0 saturated carbocycles. The van der Waals surface area contributed by atoms with Crippen LogP contribution in [0.15, 0.2) is 28.9 Å². The summed E-state index contributed by atoms with van der Waals surface area (Å²) in [4.78, 5) is 19.2. The lowest BCUT2D eigenvalue weighted by molar-refractivity contribution is -0.119. The van der Waals surface area contributed by atoms with Crippen molar-refractivity contribution in [2.45, 2.75) is 45.2 Å². The van der Waals surface area contributed by atoms with Gasteiger partial charge in [0.2, 0.25) is 5.91 Å². The van der Waals surface area contributed by atoms with Crippen LogP contribution in [0.2, 0.25) is 0 Å². The minimum atomic E-state index is 0.0276. The molecule has 4 rings (SSSR count). The first-order valence-corrected chi connectivity index (χ1v) is 9.32. The third-order valence-electron chi connectivity index (χ3n) is 5.18. The van der Waals surface area contributed by atoms with Gasteiger partial charge >= 0.3 is 0 Å². The zero-order valence-electron chi connectivity index (χ0n) is 15.2. The number of morpholine rings is 1. The predicted octanol–water partition coefficient (Wildman–Crippen LogP) is 2.70. The van der Waals surface area contributed by atoms with Gasteiger partial charge in [0.25, 0.3) is 0 Å². The van der Waals surface area contributed by atoms with E-state index in [-0.39, 0.29) is 11.9 Å². The molecule has 1 aromatic heterocycles. The summed E-state index contributed by atoms with van der Waals surface area (Å²) in [5.41, 5.74) is 4.57. The Morgan fingerprint density at radius 3 is 3.08 bits per heavy atom. The van der Waals surface area contributed by atoms with Crippen LogP contribution in [0.4, 0.5) is 5.69 Å². The molecule has 1 amide bonds. The molecule has 2 aliphatic rings. The zero-order chi connectivity index (χ0) is 17.9. The van der Waals surface area contributed by atoms with Crippen molar-refractivity contribution in [1.82, 2.24) is 9.88 Å². The molecule has 6 nitrogen and oxygen atoms in total. The van der Waals surface area contributed by atoms with Gasteiger partial charge in [-0.2, -0.15) is 0 Å². The number of fused-ring (bicyclic) bond motifs is 1. The molecule has 1 aliphatic heterocycles. The van der Waals surface area contributed by atoms with Crippen LogP contribution in [0, 0.1) is 6.92 Å². The molecule has 138 valence electrons. The number of carbonyl (C=O) groups is 1. The van der Waals surface area contributed by atoms with E-state index in [2.05, 4.69) is 27.3 Å². The first-order valence-electron chi connectivity index (χ1n) is 9.32. The number of benzene rings is 1. The number of anilines is 1. The predicted molar refractivity (Wildman–Crippen MR) is 98.0 cm³/mol. The van der Waals surface area contributed by atoms with Crippen LogP contribution in [0.1, 0.15) is 35.6 Å². The van der Waals surface area contributed by atoms with E-state index in [1.165, 1.54) is 17.5 Å². The van der Waals surface area contributed by atoms with Crippen molar-refractivity contribution in [3.63, 3.8) is 0 Å². The van der Waals surface area contributed by atoms with Gasteiger partial charge in [-0.15, -0.1) is 0 Å². The molecule has 2 heterocycles. The summed E-state index contributed by atoms with van der Waals surface area (Å²) in [5.74, 6) is 0.693. The van der Waals surface area contributed by atoms with E-state index >= 15 is 0 Å². The maximum atomic E-state index is 12.6. The monoisotopic (exact) mass is 355 g/mol. The SMILES string of the molecule is Cc1nc(CN2CCOCC2CC(=O)Nc2ccc3c(c2)CCC3)co1. The Bertz CT molecular complexity index is 786. The highest BCUT2D eigenvalue weighted by Gasteiger charge is 2.26. The number of nitrogens with one attached hydrogen (secondary N) is 1. The second-order valence-electron chi connectivity index (χ2n) is 7.15. The van der Waals surface area contributed by atoms with Crippen molar-refractivity contribution in [3.05, 3.63) is 47.2 Å². The maximum absolute atomic E-state index is 12.6. The van der Waals surface area contributed by atoms with Crippen LogP contribution < -0.4 is 5.32 Å². The van der Waals surface area contributed by atoms with Crippen molar-refractivity contribution in [1.29, 1.82) is 0 Å². The third-order valence-corrected chi connectivity index (χ3v) is 5.18. The van der Waals surface area contributed by atoms with Crippen LogP contribution in [-0.2, 0) is 28.9 Å². The van der Waals surface area contributed by atoms with E-state index in [1.807, 2.05) is 13.0 Å². The van der Waals surface area contributed by atoms with Crippen molar-refractivity contribution >= 4 is 11.6 Å². The van der Waals surface area contributed by atoms with Gasteiger partial charge in [-0.25, -0.2) is 4.98 Å². The zero-order valence-corrected chi connectivity index (χ0v) is 15.2. The van der Waals surface area contributed by atoms with E-state index in [0.29, 0.717) is 32.1 Å². The molecule has 1 aliphatic carbocycles. The number of hydrogen-bond donors (Lipinski definition) is 1. The lowest BCUT2D eigenvalue weighted by Gasteiger charge is -2.34. The summed E-state index contributed by atoms with van der Waals surface area (Å²) in [7, 11) is 0. The molecule has 26 heavy (non-hydrogen) atoms. The lowest BCUT2D eigenvalue weighted by Crippen LogP contribution is -2.46. The Morgan fingerprint density at radius 2 is 2.23 bits per heavy atom. The number of nitrogens with zero attached hydrogens (tertiary/aromatic N) is 2. The average Bonchev–Trinajstić information content (AvgIpc) is 3.25. The second kappa shape index (κ2) is 7.60. The van der Waals surface area contributed by atoms with Crippen molar-refractivity contribution in [2.75, 3.05) is 25.1 Å². The maximum Gasteiger partial charge on any atom is 0.226 e. The highest BCUT2D eigenvalue weighted by molar-refractivity contribution is 5.91. The lowest BCUT2D eigenvalue weighted by atomic mass is 10.1. The molecule has 1 unspecified atom stereocenters. The molecule has 6 heteroatoms. The first-order chi connectivity index (χ1) is 12.7. The first kappa shape index (κ1) is 17.2. The van der Waals surface area contributed by atoms with Crippen LogP contribution >= 0.6 is 0 Å². The molecule has 1 fully saturated rings.